The van der Waals surface area contributed by atoms with Crippen LogP contribution in [0.1, 0.15) is 63.0 Å². The van der Waals surface area contributed by atoms with E-state index in [2.05, 4.69) is 11.9 Å². The van der Waals surface area contributed by atoms with Gasteiger partial charge in [0.25, 0.3) is 0 Å². The SMILES string of the molecule is CCCCCCc1nc2ccccc2n1C(=O)CC(C)CC(=O)O. The maximum absolute atomic E-state index is 12.8. The minimum Gasteiger partial charge on any atom is -0.481 e. The highest BCUT2D eigenvalue weighted by Crippen LogP contribution is 2.20. The van der Waals surface area contributed by atoms with Crippen LogP contribution >= 0.6 is 0 Å². The molecule has 1 atom stereocenters. The number of imidazole rings is 1. The molecule has 0 aliphatic rings. The molecule has 1 aromatic heterocycles. The molecule has 1 aromatic carbocycles. The summed E-state index contributed by atoms with van der Waals surface area (Å²) >= 11 is 0. The van der Waals surface area contributed by atoms with E-state index in [-0.39, 0.29) is 24.7 Å². The molecule has 5 heteroatoms. The van der Waals surface area contributed by atoms with Crippen LogP contribution in [-0.2, 0) is 11.2 Å². The minimum atomic E-state index is -0.870. The van der Waals surface area contributed by atoms with E-state index < -0.39 is 5.97 Å². The second-order valence-corrected chi connectivity index (χ2v) is 6.46. The predicted octanol–water partition coefficient (Wildman–Crippen LogP) is 4.30. The summed E-state index contributed by atoms with van der Waals surface area (Å²) in [5, 5.41) is 8.89. The van der Waals surface area contributed by atoms with Crippen LogP contribution in [0.25, 0.3) is 11.0 Å². The first-order valence-corrected chi connectivity index (χ1v) is 8.74. The number of hydrogen-bond acceptors (Lipinski definition) is 3. The third kappa shape index (κ3) is 4.66. The molecular weight excluding hydrogens is 304 g/mol. The second kappa shape index (κ2) is 8.62. The van der Waals surface area contributed by atoms with Gasteiger partial charge < -0.3 is 5.11 Å². The largest absolute Gasteiger partial charge is 0.481 e. The molecule has 0 aliphatic heterocycles. The van der Waals surface area contributed by atoms with E-state index in [1.54, 1.807) is 11.5 Å². The number of aromatic nitrogens is 2. The van der Waals surface area contributed by atoms with Gasteiger partial charge in [-0.2, -0.15) is 0 Å². The number of carbonyl (C=O) groups excluding carboxylic acids is 1. The van der Waals surface area contributed by atoms with Crippen LogP contribution < -0.4 is 0 Å². The Bertz CT molecular complexity index is 706. The summed E-state index contributed by atoms with van der Waals surface area (Å²) in [7, 11) is 0. The second-order valence-electron chi connectivity index (χ2n) is 6.46. The number of rotatable bonds is 9. The summed E-state index contributed by atoms with van der Waals surface area (Å²) in [5.74, 6) is -0.336. The number of aliphatic carboxylic acids is 1. The van der Waals surface area contributed by atoms with Crippen molar-refractivity contribution in [1.29, 1.82) is 0 Å². The topological polar surface area (TPSA) is 72.2 Å². The zero-order valence-electron chi connectivity index (χ0n) is 14.5. The lowest BCUT2D eigenvalue weighted by atomic mass is 10.0. The zero-order chi connectivity index (χ0) is 17.5. The summed E-state index contributed by atoms with van der Waals surface area (Å²) < 4.78 is 1.69. The normalized spacial score (nSPS) is 12.4. The van der Waals surface area contributed by atoms with E-state index in [0.717, 1.165) is 36.1 Å². The van der Waals surface area contributed by atoms with E-state index >= 15 is 0 Å². The molecule has 1 heterocycles. The Morgan fingerprint density at radius 1 is 1.17 bits per heavy atom. The fourth-order valence-electron chi connectivity index (χ4n) is 2.99. The lowest BCUT2D eigenvalue weighted by molar-refractivity contribution is -0.137. The summed E-state index contributed by atoms with van der Waals surface area (Å²) in [4.78, 5) is 28.2. The van der Waals surface area contributed by atoms with Gasteiger partial charge in [-0.15, -0.1) is 0 Å². The molecule has 0 spiro atoms. The molecule has 0 bridgehead atoms. The maximum Gasteiger partial charge on any atom is 0.303 e. The maximum atomic E-state index is 12.8. The van der Waals surface area contributed by atoms with Gasteiger partial charge >= 0.3 is 5.97 Å². The van der Waals surface area contributed by atoms with Gasteiger partial charge in [0.2, 0.25) is 5.91 Å². The molecule has 0 fully saturated rings. The van der Waals surface area contributed by atoms with Gasteiger partial charge in [0.1, 0.15) is 5.82 Å². The minimum absolute atomic E-state index is 0.00417. The van der Waals surface area contributed by atoms with E-state index in [1.165, 1.54) is 12.8 Å². The molecule has 1 unspecified atom stereocenters. The van der Waals surface area contributed by atoms with Crippen LogP contribution in [0.3, 0.4) is 0 Å². The molecular formula is C19H26N2O3. The molecule has 0 aliphatic carbocycles. The van der Waals surface area contributed by atoms with Crippen molar-refractivity contribution in [3.05, 3.63) is 30.1 Å². The molecule has 24 heavy (non-hydrogen) atoms. The van der Waals surface area contributed by atoms with Crippen molar-refractivity contribution in [2.45, 2.75) is 58.8 Å². The Hall–Kier alpha value is -2.17. The summed E-state index contributed by atoms with van der Waals surface area (Å²) in [6.45, 7) is 3.97. The number of fused-ring (bicyclic) bond motifs is 1. The van der Waals surface area contributed by atoms with Crippen molar-refractivity contribution in [1.82, 2.24) is 9.55 Å². The first-order valence-electron chi connectivity index (χ1n) is 8.74. The zero-order valence-corrected chi connectivity index (χ0v) is 14.5. The van der Waals surface area contributed by atoms with Gasteiger partial charge in [0.05, 0.1) is 11.0 Å². The van der Waals surface area contributed by atoms with Gasteiger partial charge in [0.15, 0.2) is 0 Å². The third-order valence-corrected chi connectivity index (χ3v) is 4.18. The number of nitrogens with zero attached hydrogens (tertiary/aromatic N) is 2. The molecule has 5 nitrogen and oxygen atoms in total. The highest BCUT2D eigenvalue weighted by atomic mass is 16.4. The van der Waals surface area contributed by atoms with Crippen molar-refractivity contribution in [2.24, 2.45) is 5.92 Å². The predicted molar refractivity (Wildman–Crippen MR) is 94.2 cm³/mol. The third-order valence-electron chi connectivity index (χ3n) is 4.18. The quantitative estimate of drug-likeness (QED) is 0.696. The van der Waals surface area contributed by atoms with Gasteiger partial charge in [-0.25, -0.2) is 4.98 Å². The number of carboxylic acids is 1. The van der Waals surface area contributed by atoms with E-state index in [4.69, 9.17) is 5.11 Å². The standard InChI is InChI=1S/C19H26N2O3/c1-3-4-5-6-11-17-20-15-9-7-8-10-16(15)21(17)18(22)12-14(2)13-19(23)24/h7-10,14H,3-6,11-13H2,1-2H3,(H,23,24). The smallest absolute Gasteiger partial charge is 0.303 e. The molecule has 2 aromatic rings. The Morgan fingerprint density at radius 2 is 1.92 bits per heavy atom. The number of benzene rings is 1. The molecule has 0 saturated heterocycles. The van der Waals surface area contributed by atoms with E-state index in [9.17, 15) is 9.59 Å². The Kier molecular flexibility index (Phi) is 6.53. The van der Waals surface area contributed by atoms with Crippen LogP contribution in [0.15, 0.2) is 24.3 Å². The number of carboxylic acid groups (broad SMARTS) is 1. The van der Waals surface area contributed by atoms with Crippen molar-refractivity contribution < 1.29 is 14.7 Å². The number of para-hydroxylation sites is 2. The number of aryl methyl sites for hydroxylation is 1. The van der Waals surface area contributed by atoms with Gasteiger partial charge in [-0.3, -0.25) is 14.2 Å². The van der Waals surface area contributed by atoms with Crippen LogP contribution in [0.2, 0.25) is 0 Å². The average molecular weight is 330 g/mol. The van der Waals surface area contributed by atoms with Gasteiger partial charge in [0, 0.05) is 19.3 Å². The molecule has 0 saturated carbocycles. The first kappa shape index (κ1) is 18.2. The van der Waals surface area contributed by atoms with Crippen LogP contribution in [0.5, 0.6) is 0 Å². The van der Waals surface area contributed by atoms with Crippen LogP contribution in [-0.4, -0.2) is 26.5 Å². The lowest BCUT2D eigenvalue weighted by Gasteiger charge is -2.11. The van der Waals surface area contributed by atoms with Crippen molar-refractivity contribution in [2.75, 3.05) is 0 Å². The van der Waals surface area contributed by atoms with Gasteiger partial charge in [-0.1, -0.05) is 45.2 Å². The van der Waals surface area contributed by atoms with Gasteiger partial charge in [-0.05, 0) is 24.5 Å². The average Bonchev–Trinajstić information content (AvgIpc) is 2.89. The number of hydrogen-bond donors (Lipinski definition) is 1. The fraction of sp³-hybridized carbons (Fsp3) is 0.526. The van der Waals surface area contributed by atoms with Crippen molar-refractivity contribution >= 4 is 22.9 Å². The van der Waals surface area contributed by atoms with Crippen molar-refractivity contribution in [3.8, 4) is 0 Å². The molecule has 0 amide bonds. The summed E-state index contributed by atoms with van der Waals surface area (Å²) in [5.41, 5.74) is 1.64. The monoisotopic (exact) mass is 330 g/mol. The number of carbonyl (C=O) groups is 2. The van der Waals surface area contributed by atoms with Crippen LogP contribution in [0, 0.1) is 5.92 Å². The Morgan fingerprint density at radius 3 is 2.62 bits per heavy atom. The molecule has 130 valence electrons. The lowest BCUT2D eigenvalue weighted by Crippen LogP contribution is -2.18. The highest BCUT2D eigenvalue weighted by molar-refractivity contribution is 5.91. The van der Waals surface area contributed by atoms with E-state index in [1.807, 2.05) is 24.3 Å². The molecule has 0 radical (unpaired) electrons. The van der Waals surface area contributed by atoms with Crippen molar-refractivity contribution in [3.63, 3.8) is 0 Å². The Balaban J connectivity index is 2.21. The fourth-order valence-corrected chi connectivity index (χ4v) is 2.99. The molecule has 1 N–H and O–H groups in total. The Labute approximate surface area is 142 Å². The summed E-state index contributed by atoms with van der Waals surface area (Å²) in [6.07, 6.45) is 5.48. The number of unbranched alkanes of at least 4 members (excludes halogenated alkanes) is 3. The highest BCUT2D eigenvalue weighted by Gasteiger charge is 2.19. The van der Waals surface area contributed by atoms with Crippen LogP contribution in [0.4, 0.5) is 0 Å². The molecule has 2 rings (SSSR count). The summed E-state index contributed by atoms with van der Waals surface area (Å²) in [6, 6.07) is 7.63. The van der Waals surface area contributed by atoms with E-state index in [0.29, 0.717) is 0 Å². The first-order chi connectivity index (χ1) is 11.5.